The lowest BCUT2D eigenvalue weighted by atomic mass is 9.95. The smallest absolute Gasteiger partial charge is 0.323 e. The van der Waals surface area contributed by atoms with Crippen LogP contribution in [0, 0.1) is 0 Å². The summed E-state index contributed by atoms with van der Waals surface area (Å²) in [6.07, 6.45) is 6.64. The van der Waals surface area contributed by atoms with E-state index in [4.69, 9.17) is 4.74 Å². The normalized spacial score (nSPS) is 22.2. The highest BCUT2D eigenvalue weighted by atomic mass is 16.5. The summed E-state index contributed by atoms with van der Waals surface area (Å²) in [4.78, 5) is 13.6. The van der Waals surface area contributed by atoms with Crippen LogP contribution in [0.1, 0.15) is 52.4 Å². The van der Waals surface area contributed by atoms with Crippen LogP contribution in [0.5, 0.6) is 0 Å². The molecule has 0 aliphatic carbocycles. The first-order chi connectivity index (χ1) is 9.98. The molecular weight excluding hydrogens is 268 g/mol. The molecule has 0 saturated carbocycles. The molecule has 1 saturated heterocycles. The third-order valence-electron chi connectivity index (χ3n) is 4.29. The maximum Gasteiger partial charge on any atom is 0.323 e. The Balaban J connectivity index is 2.18. The van der Waals surface area contributed by atoms with Gasteiger partial charge in [0, 0.05) is 13.2 Å². The molecule has 0 radical (unpaired) electrons. The molecule has 2 N–H and O–H groups in total. The molecule has 1 rings (SSSR count). The van der Waals surface area contributed by atoms with Gasteiger partial charge in [0.1, 0.15) is 5.54 Å². The van der Waals surface area contributed by atoms with E-state index in [1.807, 2.05) is 6.92 Å². The number of ether oxygens (including phenoxy) is 1. The molecule has 0 spiro atoms. The molecule has 0 aromatic rings. The summed E-state index contributed by atoms with van der Waals surface area (Å²) in [5.41, 5.74) is -0.792. The first kappa shape index (κ1) is 18.4. The molecule has 0 amide bonds. The summed E-state index contributed by atoms with van der Waals surface area (Å²) in [6.45, 7) is 7.29. The zero-order valence-corrected chi connectivity index (χ0v) is 13.9. The van der Waals surface area contributed by atoms with Crippen LogP contribution in [0.4, 0.5) is 0 Å². The molecule has 5 heteroatoms. The molecule has 1 aliphatic rings. The molecule has 0 aromatic heterocycles. The van der Waals surface area contributed by atoms with Crippen LogP contribution < -0.4 is 5.32 Å². The van der Waals surface area contributed by atoms with E-state index in [0.29, 0.717) is 19.1 Å². The molecule has 124 valence electrons. The van der Waals surface area contributed by atoms with E-state index in [1.165, 1.54) is 19.3 Å². The van der Waals surface area contributed by atoms with Crippen LogP contribution in [0.25, 0.3) is 0 Å². The van der Waals surface area contributed by atoms with Gasteiger partial charge in [-0.1, -0.05) is 6.92 Å². The second kappa shape index (κ2) is 9.38. The Morgan fingerprint density at radius 1 is 1.43 bits per heavy atom. The standard InChI is InChI=1S/C16H32N2O3/c1-4-17-16(2,15(19)20)10-6-7-11-18(3)13-14-9-5-8-12-21-14/h14,17H,4-13H2,1-3H3,(H,19,20). The Bertz CT molecular complexity index is 306. The fourth-order valence-corrected chi connectivity index (χ4v) is 2.91. The Morgan fingerprint density at radius 2 is 2.19 bits per heavy atom. The van der Waals surface area contributed by atoms with Crippen LogP contribution in [0.2, 0.25) is 0 Å². The molecule has 2 atom stereocenters. The molecule has 1 fully saturated rings. The van der Waals surface area contributed by atoms with Gasteiger partial charge in [0.15, 0.2) is 0 Å². The van der Waals surface area contributed by atoms with Gasteiger partial charge in [-0.05, 0) is 65.6 Å². The number of carboxylic acid groups (broad SMARTS) is 1. The van der Waals surface area contributed by atoms with E-state index < -0.39 is 11.5 Å². The van der Waals surface area contributed by atoms with Crippen molar-refractivity contribution >= 4 is 5.97 Å². The quantitative estimate of drug-likeness (QED) is 0.605. The Morgan fingerprint density at radius 3 is 2.76 bits per heavy atom. The highest BCUT2D eigenvalue weighted by molar-refractivity contribution is 5.78. The van der Waals surface area contributed by atoms with Gasteiger partial charge < -0.3 is 20.1 Å². The highest BCUT2D eigenvalue weighted by Crippen LogP contribution is 2.16. The third kappa shape index (κ3) is 6.76. The van der Waals surface area contributed by atoms with Crippen molar-refractivity contribution in [3.8, 4) is 0 Å². The number of likely N-dealkylation sites (N-methyl/N-ethyl adjacent to an activating group) is 2. The van der Waals surface area contributed by atoms with Crippen molar-refractivity contribution in [1.82, 2.24) is 10.2 Å². The van der Waals surface area contributed by atoms with Crippen LogP contribution in [0.15, 0.2) is 0 Å². The van der Waals surface area contributed by atoms with Crippen molar-refractivity contribution in [2.24, 2.45) is 0 Å². The predicted molar refractivity (Wildman–Crippen MR) is 84.7 cm³/mol. The number of rotatable bonds is 10. The SMILES string of the molecule is CCNC(C)(CCCCN(C)CC1CCCCO1)C(=O)O. The van der Waals surface area contributed by atoms with Gasteiger partial charge in [-0.3, -0.25) is 4.79 Å². The fraction of sp³-hybridized carbons (Fsp3) is 0.938. The maximum atomic E-state index is 11.3. The number of aliphatic carboxylic acids is 1. The van der Waals surface area contributed by atoms with Gasteiger partial charge in [-0.15, -0.1) is 0 Å². The Kier molecular flexibility index (Phi) is 8.22. The molecule has 0 aromatic carbocycles. The van der Waals surface area contributed by atoms with Crippen molar-refractivity contribution in [3.63, 3.8) is 0 Å². The van der Waals surface area contributed by atoms with Crippen molar-refractivity contribution in [3.05, 3.63) is 0 Å². The van der Waals surface area contributed by atoms with Gasteiger partial charge in [0.25, 0.3) is 0 Å². The summed E-state index contributed by atoms with van der Waals surface area (Å²) in [5.74, 6) is -0.756. The molecular formula is C16H32N2O3. The molecule has 2 unspecified atom stereocenters. The van der Waals surface area contributed by atoms with Crippen LogP contribution in [0.3, 0.4) is 0 Å². The number of hydrogen-bond acceptors (Lipinski definition) is 4. The van der Waals surface area contributed by atoms with Crippen molar-refractivity contribution < 1.29 is 14.6 Å². The molecule has 0 bridgehead atoms. The summed E-state index contributed by atoms with van der Waals surface area (Å²) >= 11 is 0. The number of carboxylic acids is 1. The van der Waals surface area contributed by atoms with Gasteiger partial charge in [0.2, 0.25) is 0 Å². The number of nitrogens with one attached hydrogen (secondary N) is 1. The number of nitrogens with zero attached hydrogens (tertiary/aromatic N) is 1. The third-order valence-corrected chi connectivity index (χ3v) is 4.29. The Labute approximate surface area is 129 Å². The summed E-state index contributed by atoms with van der Waals surface area (Å²) in [6, 6.07) is 0. The molecule has 5 nitrogen and oxygen atoms in total. The topological polar surface area (TPSA) is 61.8 Å². The van der Waals surface area contributed by atoms with E-state index in [-0.39, 0.29) is 0 Å². The van der Waals surface area contributed by atoms with E-state index in [9.17, 15) is 9.90 Å². The first-order valence-corrected chi connectivity index (χ1v) is 8.26. The number of hydrogen-bond donors (Lipinski definition) is 2. The van der Waals surface area contributed by atoms with Crippen molar-refractivity contribution in [2.75, 3.05) is 33.3 Å². The molecule has 21 heavy (non-hydrogen) atoms. The minimum Gasteiger partial charge on any atom is -0.480 e. The van der Waals surface area contributed by atoms with Crippen molar-refractivity contribution in [2.45, 2.75) is 64.0 Å². The monoisotopic (exact) mass is 300 g/mol. The highest BCUT2D eigenvalue weighted by Gasteiger charge is 2.31. The second-order valence-electron chi connectivity index (χ2n) is 6.38. The lowest BCUT2D eigenvalue weighted by Crippen LogP contribution is -2.49. The molecule has 1 heterocycles. The maximum absolute atomic E-state index is 11.3. The van der Waals surface area contributed by atoms with E-state index in [1.54, 1.807) is 6.92 Å². The number of unbranched alkanes of at least 4 members (excludes halogenated alkanes) is 1. The zero-order valence-electron chi connectivity index (χ0n) is 13.9. The Hall–Kier alpha value is -0.650. The fourth-order valence-electron chi connectivity index (χ4n) is 2.91. The average molecular weight is 300 g/mol. The van der Waals surface area contributed by atoms with Gasteiger partial charge in [-0.25, -0.2) is 0 Å². The van der Waals surface area contributed by atoms with Gasteiger partial charge in [0.05, 0.1) is 6.10 Å². The van der Waals surface area contributed by atoms with E-state index in [0.717, 1.165) is 32.5 Å². The minimum absolute atomic E-state index is 0.384. The van der Waals surface area contributed by atoms with Crippen LogP contribution >= 0.6 is 0 Å². The second-order valence-corrected chi connectivity index (χ2v) is 6.38. The van der Waals surface area contributed by atoms with Crippen LogP contribution in [-0.4, -0.2) is 60.9 Å². The summed E-state index contributed by atoms with van der Waals surface area (Å²) in [5, 5.41) is 12.4. The van der Waals surface area contributed by atoms with Crippen LogP contribution in [-0.2, 0) is 9.53 Å². The number of carbonyl (C=O) groups is 1. The van der Waals surface area contributed by atoms with Gasteiger partial charge in [-0.2, -0.15) is 0 Å². The molecule has 1 aliphatic heterocycles. The largest absolute Gasteiger partial charge is 0.480 e. The zero-order chi connectivity index (χ0) is 15.7. The minimum atomic E-state index is -0.792. The first-order valence-electron chi connectivity index (χ1n) is 8.26. The summed E-state index contributed by atoms with van der Waals surface area (Å²) < 4.78 is 5.74. The van der Waals surface area contributed by atoms with Crippen molar-refractivity contribution in [1.29, 1.82) is 0 Å². The average Bonchev–Trinajstić information content (AvgIpc) is 2.45. The van der Waals surface area contributed by atoms with E-state index in [2.05, 4.69) is 17.3 Å². The lowest BCUT2D eigenvalue weighted by molar-refractivity contribution is -0.144. The lowest BCUT2D eigenvalue weighted by Gasteiger charge is -2.28. The summed E-state index contributed by atoms with van der Waals surface area (Å²) in [7, 11) is 2.12. The predicted octanol–water partition coefficient (Wildman–Crippen LogP) is 2.11. The van der Waals surface area contributed by atoms with Gasteiger partial charge >= 0.3 is 5.97 Å². The van der Waals surface area contributed by atoms with E-state index >= 15 is 0 Å².